The predicted molar refractivity (Wildman–Crippen MR) is 198 cm³/mol. The second-order valence-corrected chi connectivity index (χ2v) is 12.6. The molecule has 0 spiro atoms. The Kier molecular flexibility index (Phi) is 5.08. The summed E-state index contributed by atoms with van der Waals surface area (Å²) in [4.78, 5) is 10.4. The van der Waals surface area contributed by atoms with Crippen LogP contribution in [0.15, 0.2) is 158 Å². The molecule has 3 aromatic heterocycles. The van der Waals surface area contributed by atoms with Gasteiger partial charge >= 0.3 is 0 Å². The van der Waals surface area contributed by atoms with E-state index in [1.54, 1.807) is 0 Å². The Morgan fingerprint density at radius 2 is 0.896 bits per heavy atom. The Hall–Kier alpha value is -6.52. The van der Waals surface area contributed by atoms with Crippen LogP contribution in [0, 0.1) is 0 Å². The van der Waals surface area contributed by atoms with E-state index in [4.69, 9.17) is 9.97 Å². The summed E-state index contributed by atoms with van der Waals surface area (Å²) in [7, 11) is 0. The highest BCUT2D eigenvalue weighted by Crippen LogP contribution is 2.47. The van der Waals surface area contributed by atoms with Crippen LogP contribution in [0.5, 0.6) is 0 Å². The summed E-state index contributed by atoms with van der Waals surface area (Å²) >= 11 is 0. The Bertz CT molecular complexity index is 2940. The fourth-order valence-corrected chi connectivity index (χ4v) is 8.20. The van der Waals surface area contributed by atoms with Gasteiger partial charge in [0.2, 0.25) is 5.95 Å². The van der Waals surface area contributed by atoms with E-state index in [1.165, 1.54) is 65.6 Å². The summed E-state index contributed by atoms with van der Waals surface area (Å²) in [5.74, 6) is 0.681. The molecule has 3 heterocycles. The van der Waals surface area contributed by atoms with Gasteiger partial charge < -0.3 is 4.57 Å². The van der Waals surface area contributed by atoms with Gasteiger partial charge in [-0.25, -0.2) is 9.97 Å². The molecule has 4 heteroatoms. The highest BCUT2D eigenvalue weighted by molar-refractivity contribution is 6.22. The number of para-hydroxylation sites is 3. The lowest BCUT2D eigenvalue weighted by atomic mass is 9.95. The quantitative estimate of drug-likeness (QED) is 0.199. The van der Waals surface area contributed by atoms with E-state index >= 15 is 0 Å². The maximum Gasteiger partial charge on any atom is 0.235 e. The molecule has 4 nitrogen and oxygen atoms in total. The highest BCUT2D eigenvalue weighted by Gasteiger charge is 2.25. The van der Waals surface area contributed by atoms with E-state index in [2.05, 4.69) is 161 Å². The third-order valence-electron chi connectivity index (χ3n) is 10.1. The van der Waals surface area contributed by atoms with Crippen LogP contribution < -0.4 is 0 Å². The standard InChI is InChI=1S/C44H26N4/c1-2-14-28(15-3-1)47-36-22-6-4-16-32(36)41-29(19-10-24-38(41)47)30-20-11-25-39-42(30)33-17-5-7-23-37(33)48(39)44-45-26-35-31-18-8-12-27-13-9-21-34(40(27)31)43(35)46-44/h1-26H. The molecule has 0 amide bonds. The average molecular weight is 611 g/mol. The summed E-state index contributed by atoms with van der Waals surface area (Å²) in [6.45, 7) is 0. The van der Waals surface area contributed by atoms with Crippen LogP contribution in [0.3, 0.4) is 0 Å². The molecular formula is C44H26N4. The van der Waals surface area contributed by atoms with Crippen molar-refractivity contribution in [2.24, 2.45) is 0 Å². The van der Waals surface area contributed by atoms with Gasteiger partial charge in [-0.2, -0.15) is 0 Å². The molecule has 1 aliphatic rings. The van der Waals surface area contributed by atoms with Crippen molar-refractivity contribution in [1.82, 2.24) is 19.1 Å². The summed E-state index contributed by atoms with van der Waals surface area (Å²) < 4.78 is 4.62. The molecule has 0 saturated heterocycles. The smallest absolute Gasteiger partial charge is 0.235 e. The lowest BCUT2D eigenvalue weighted by molar-refractivity contribution is 0.996. The number of hydrogen-bond donors (Lipinski definition) is 0. The molecule has 0 saturated carbocycles. The summed E-state index contributed by atoms with van der Waals surface area (Å²) in [6, 6.07) is 54.4. The van der Waals surface area contributed by atoms with Gasteiger partial charge in [0.15, 0.2) is 0 Å². The monoisotopic (exact) mass is 610 g/mol. The summed E-state index contributed by atoms with van der Waals surface area (Å²) in [5.41, 5.74) is 12.6. The van der Waals surface area contributed by atoms with Crippen molar-refractivity contribution < 1.29 is 0 Å². The fourth-order valence-electron chi connectivity index (χ4n) is 8.20. The van der Waals surface area contributed by atoms with Crippen LogP contribution in [0.1, 0.15) is 0 Å². The van der Waals surface area contributed by atoms with Crippen molar-refractivity contribution in [3.05, 3.63) is 158 Å². The summed E-state index contributed by atoms with van der Waals surface area (Å²) in [6.07, 6.45) is 2.01. The van der Waals surface area contributed by atoms with Gasteiger partial charge in [0, 0.05) is 44.6 Å². The van der Waals surface area contributed by atoms with Gasteiger partial charge in [0.05, 0.1) is 27.8 Å². The molecule has 0 N–H and O–H groups in total. The number of fused-ring (bicyclic) bond motifs is 9. The first kappa shape index (κ1) is 25.6. The van der Waals surface area contributed by atoms with Gasteiger partial charge in [-0.3, -0.25) is 4.57 Å². The van der Waals surface area contributed by atoms with E-state index in [0.717, 1.165) is 28.0 Å². The second kappa shape index (κ2) is 9.50. The predicted octanol–water partition coefficient (Wildman–Crippen LogP) is 11.1. The Labute approximate surface area is 275 Å². The molecular weight excluding hydrogens is 585 g/mol. The van der Waals surface area contributed by atoms with Crippen molar-refractivity contribution in [1.29, 1.82) is 0 Å². The van der Waals surface area contributed by atoms with Crippen LogP contribution in [0.2, 0.25) is 0 Å². The first-order chi connectivity index (χ1) is 23.8. The van der Waals surface area contributed by atoms with E-state index in [1.807, 2.05) is 6.20 Å². The Morgan fingerprint density at radius 1 is 0.375 bits per heavy atom. The van der Waals surface area contributed by atoms with Gasteiger partial charge in [-0.15, -0.1) is 0 Å². The molecule has 10 aromatic rings. The molecule has 0 fully saturated rings. The molecule has 7 aromatic carbocycles. The van der Waals surface area contributed by atoms with Gasteiger partial charge in [0.1, 0.15) is 0 Å². The van der Waals surface area contributed by atoms with Crippen molar-refractivity contribution in [3.63, 3.8) is 0 Å². The topological polar surface area (TPSA) is 35.6 Å². The van der Waals surface area contributed by atoms with E-state index in [9.17, 15) is 0 Å². The molecule has 0 atom stereocenters. The van der Waals surface area contributed by atoms with E-state index in [0.29, 0.717) is 5.95 Å². The highest BCUT2D eigenvalue weighted by atomic mass is 15.2. The van der Waals surface area contributed by atoms with Gasteiger partial charge in [-0.1, -0.05) is 115 Å². The van der Waals surface area contributed by atoms with Crippen LogP contribution in [0.4, 0.5) is 0 Å². The lowest BCUT2D eigenvalue weighted by Crippen LogP contribution is -2.02. The third-order valence-corrected chi connectivity index (χ3v) is 10.1. The molecule has 48 heavy (non-hydrogen) atoms. The molecule has 1 aliphatic carbocycles. The van der Waals surface area contributed by atoms with Crippen molar-refractivity contribution in [3.8, 4) is 45.1 Å². The fraction of sp³-hybridized carbons (Fsp3) is 0. The zero-order valence-corrected chi connectivity index (χ0v) is 25.8. The van der Waals surface area contributed by atoms with E-state index < -0.39 is 0 Å². The number of nitrogens with zero attached hydrogens (tertiary/aromatic N) is 4. The zero-order chi connectivity index (χ0) is 31.3. The average Bonchev–Trinajstić information content (AvgIpc) is 3.79. The largest absolute Gasteiger partial charge is 0.309 e. The minimum atomic E-state index is 0.681. The first-order valence-electron chi connectivity index (χ1n) is 16.4. The Balaban J connectivity index is 1.20. The van der Waals surface area contributed by atoms with Crippen molar-refractivity contribution >= 4 is 54.4 Å². The first-order valence-corrected chi connectivity index (χ1v) is 16.4. The normalized spacial score (nSPS) is 12.2. The molecule has 222 valence electrons. The second-order valence-electron chi connectivity index (χ2n) is 12.6. The SMILES string of the molecule is c1ccc(-n2c3ccccc3c3c(-c4cccc5c4c4ccccc4n5-c4ncc5c(n4)-c4cccc6cccc-5c46)cccc32)cc1. The number of benzene rings is 7. The zero-order valence-electron chi connectivity index (χ0n) is 25.8. The van der Waals surface area contributed by atoms with Crippen LogP contribution in [-0.4, -0.2) is 19.1 Å². The van der Waals surface area contributed by atoms with Crippen molar-refractivity contribution in [2.75, 3.05) is 0 Å². The van der Waals surface area contributed by atoms with Gasteiger partial charge in [0.25, 0.3) is 0 Å². The van der Waals surface area contributed by atoms with Crippen LogP contribution in [-0.2, 0) is 0 Å². The maximum atomic E-state index is 5.31. The molecule has 11 rings (SSSR count). The van der Waals surface area contributed by atoms with Gasteiger partial charge in [-0.05, 0) is 63.9 Å². The number of rotatable bonds is 3. The number of aromatic nitrogens is 4. The maximum absolute atomic E-state index is 5.31. The van der Waals surface area contributed by atoms with Crippen LogP contribution >= 0.6 is 0 Å². The number of hydrogen-bond acceptors (Lipinski definition) is 2. The molecule has 0 aliphatic heterocycles. The van der Waals surface area contributed by atoms with E-state index in [-0.39, 0.29) is 0 Å². The van der Waals surface area contributed by atoms with Crippen molar-refractivity contribution in [2.45, 2.75) is 0 Å². The Morgan fingerprint density at radius 3 is 1.58 bits per heavy atom. The lowest BCUT2D eigenvalue weighted by Gasteiger charge is -2.11. The summed E-state index contributed by atoms with van der Waals surface area (Å²) in [5, 5.41) is 7.36. The molecule has 0 bridgehead atoms. The minimum absolute atomic E-state index is 0.681. The molecule has 0 radical (unpaired) electrons. The minimum Gasteiger partial charge on any atom is -0.309 e. The van der Waals surface area contributed by atoms with Crippen LogP contribution in [0.25, 0.3) is 99.5 Å². The molecule has 0 unspecified atom stereocenters. The third kappa shape index (κ3) is 3.33.